The summed E-state index contributed by atoms with van der Waals surface area (Å²) in [5.74, 6) is -0.157. The molecule has 2 unspecified atom stereocenters. The first-order valence-electron chi connectivity index (χ1n) is 6.42. The maximum Gasteiger partial charge on any atom is 0.319 e. The van der Waals surface area contributed by atoms with E-state index in [1.807, 2.05) is 32.9 Å². The quantitative estimate of drug-likeness (QED) is 0.452. The molecule has 0 saturated heterocycles. The van der Waals surface area contributed by atoms with Gasteiger partial charge in [-0.1, -0.05) is 19.1 Å². The highest BCUT2D eigenvalue weighted by Gasteiger charge is 2.18. The van der Waals surface area contributed by atoms with Crippen LogP contribution in [0.25, 0.3) is 0 Å². The van der Waals surface area contributed by atoms with Crippen LogP contribution in [-0.4, -0.2) is 23.1 Å². The zero-order valence-electron chi connectivity index (χ0n) is 11.8. The number of ketones is 1. The normalized spacial score (nSPS) is 13.7. The Morgan fingerprint density at radius 2 is 1.79 bits per heavy atom. The topological polar surface area (TPSA) is 43.4 Å². The van der Waals surface area contributed by atoms with Crippen LogP contribution in [0.2, 0.25) is 0 Å². The van der Waals surface area contributed by atoms with E-state index >= 15 is 0 Å². The lowest BCUT2D eigenvalue weighted by Crippen LogP contribution is -2.21. The van der Waals surface area contributed by atoms with Gasteiger partial charge in [-0.15, -0.1) is 11.8 Å². The molecule has 0 bridgehead atoms. The van der Waals surface area contributed by atoms with E-state index in [-0.39, 0.29) is 23.1 Å². The standard InChI is InChI=1S/C15H20O3S/c1-5-10(2)18-15(17)12(4)19-14-8-6-13(7-9-14)11(3)16/h6-10,12H,5H2,1-4H3. The number of benzene rings is 1. The summed E-state index contributed by atoms with van der Waals surface area (Å²) in [4.78, 5) is 23.9. The molecule has 0 N–H and O–H groups in total. The van der Waals surface area contributed by atoms with E-state index in [4.69, 9.17) is 4.74 Å². The molecule has 0 aliphatic rings. The molecular formula is C15H20O3S. The monoisotopic (exact) mass is 280 g/mol. The van der Waals surface area contributed by atoms with Crippen molar-refractivity contribution >= 4 is 23.5 Å². The van der Waals surface area contributed by atoms with Crippen LogP contribution in [0.1, 0.15) is 44.5 Å². The summed E-state index contributed by atoms with van der Waals surface area (Å²) in [5, 5.41) is -0.253. The van der Waals surface area contributed by atoms with Crippen LogP contribution in [0.5, 0.6) is 0 Å². The molecule has 0 fully saturated rings. The smallest absolute Gasteiger partial charge is 0.319 e. The predicted octanol–water partition coefficient (Wildman–Crippen LogP) is 3.71. The Morgan fingerprint density at radius 3 is 2.26 bits per heavy atom. The third-order valence-electron chi connectivity index (χ3n) is 2.80. The molecule has 0 amide bonds. The van der Waals surface area contributed by atoms with E-state index in [1.165, 1.54) is 18.7 Å². The van der Waals surface area contributed by atoms with Crippen LogP contribution in [-0.2, 0) is 9.53 Å². The summed E-state index contributed by atoms with van der Waals surface area (Å²) in [7, 11) is 0. The van der Waals surface area contributed by atoms with Gasteiger partial charge in [-0.3, -0.25) is 9.59 Å². The average molecular weight is 280 g/mol. The number of hydrogen-bond donors (Lipinski definition) is 0. The Morgan fingerprint density at radius 1 is 1.21 bits per heavy atom. The molecule has 1 aromatic carbocycles. The summed E-state index contributed by atoms with van der Waals surface area (Å²) in [6.07, 6.45) is 0.770. The second-order valence-electron chi connectivity index (χ2n) is 4.50. The van der Waals surface area contributed by atoms with Gasteiger partial charge >= 0.3 is 5.97 Å². The highest BCUT2D eigenvalue weighted by molar-refractivity contribution is 8.00. The fraction of sp³-hybridized carbons (Fsp3) is 0.467. The first kappa shape index (κ1) is 15.8. The number of thioether (sulfide) groups is 1. The number of carbonyl (C=O) groups is 2. The van der Waals surface area contributed by atoms with E-state index < -0.39 is 0 Å². The summed E-state index contributed by atoms with van der Waals surface area (Å²) in [6, 6.07) is 7.26. The number of ether oxygens (including phenoxy) is 1. The summed E-state index contributed by atoms with van der Waals surface area (Å²) >= 11 is 1.44. The molecule has 2 atom stereocenters. The van der Waals surface area contributed by atoms with Gasteiger partial charge in [-0.25, -0.2) is 0 Å². The Balaban J connectivity index is 2.58. The molecule has 4 heteroatoms. The van der Waals surface area contributed by atoms with Gasteiger partial charge < -0.3 is 4.74 Å². The van der Waals surface area contributed by atoms with Crippen LogP contribution >= 0.6 is 11.8 Å². The highest BCUT2D eigenvalue weighted by atomic mass is 32.2. The molecule has 0 aliphatic heterocycles. The number of hydrogen-bond acceptors (Lipinski definition) is 4. The van der Waals surface area contributed by atoms with E-state index in [9.17, 15) is 9.59 Å². The molecule has 1 rings (SSSR count). The van der Waals surface area contributed by atoms with Gasteiger partial charge in [0.05, 0.1) is 6.10 Å². The van der Waals surface area contributed by atoms with Gasteiger partial charge in [0.2, 0.25) is 0 Å². The molecule has 0 radical (unpaired) electrons. The van der Waals surface area contributed by atoms with Crippen molar-refractivity contribution in [2.45, 2.75) is 50.4 Å². The molecule has 3 nitrogen and oxygen atoms in total. The predicted molar refractivity (Wildman–Crippen MR) is 77.6 cm³/mol. The SMILES string of the molecule is CCC(C)OC(=O)C(C)Sc1ccc(C(C)=O)cc1. The van der Waals surface area contributed by atoms with E-state index in [0.717, 1.165) is 11.3 Å². The lowest BCUT2D eigenvalue weighted by molar-refractivity contribution is -0.147. The van der Waals surface area contributed by atoms with Gasteiger partial charge in [0.1, 0.15) is 5.25 Å². The molecule has 0 aromatic heterocycles. The van der Waals surface area contributed by atoms with Gasteiger partial charge in [0.15, 0.2) is 5.78 Å². The first-order valence-corrected chi connectivity index (χ1v) is 7.30. The van der Waals surface area contributed by atoms with Crippen molar-refractivity contribution in [2.75, 3.05) is 0 Å². The van der Waals surface area contributed by atoms with Crippen LogP contribution in [0.4, 0.5) is 0 Å². The Labute approximate surface area is 118 Å². The van der Waals surface area contributed by atoms with Crippen molar-refractivity contribution in [1.29, 1.82) is 0 Å². The third-order valence-corrected chi connectivity index (χ3v) is 3.89. The zero-order valence-corrected chi connectivity index (χ0v) is 12.6. The molecule has 0 saturated carbocycles. The lowest BCUT2D eigenvalue weighted by atomic mass is 10.2. The van der Waals surface area contributed by atoms with Gasteiger partial charge in [-0.05, 0) is 39.3 Å². The molecule has 0 aliphatic carbocycles. The first-order chi connectivity index (χ1) is 8.93. The summed E-state index contributed by atoms with van der Waals surface area (Å²) in [5.41, 5.74) is 0.680. The molecule has 19 heavy (non-hydrogen) atoms. The third kappa shape index (κ3) is 5.07. The van der Waals surface area contributed by atoms with E-state index in [0.29, 0.717) is 5.56 Å². The number of carbonyl (C=O) groups excluding carboxylic acids is 2. The molecule has 0 spiro atoms. The number of esters is 1. The van der Waals surface area contributed by atoms with Crippen LogP contribution in [0.3, 0.4) is 0 Å². The minimum Gasteiger partial charge on any atom is -0.462 e. The molecule has 104 valence electrons. The van der Waals surface area contributed by atoms with Crippen molar-refractivity contribution in [1.82, 2.24) is 0 Å². The zero-order chi connectivity index (χ0) is 14.4. The minimum atomic E-state index is -0.253. The van der Waals surface area contributed by atoms with Crippen molar-refractivity contribution < 1.29 is 14.3 Å². The summed E-state index contributed by atoms with van der Waals surface area (Å²) < 4.78 is 5.28. The Kier molecular flexibility index (Phi) is 6.09. The number of Topliss-reactive ketones (excluding diaryl/α,β-unsaturated/α-hetero) is 1. The van der Waals surface area contributed by atoms with Crippen LogP contribution in [0, 0.1) is 0 Å². The van der Waals surface area contributed by atoms with E-state index in [2.05, 4.69) is 0 Å². The molecule has 1 aromatic rings. The minimum absolute atomic E-state index is 0.0424. The Bertz CT molecular complexity index is 439. The Hall–Kier alpha value is -1.29. The maximum atomic E-state index is 11.8. The largest absolute Gasteiger partial charge is 0.462 e. The van der Waals surface area contributed by atoms with Gasteiger partial charge in [-0.2, -0.15) is 0 Å². The van der Waals surface area contributed by atoms with Crippen LogP contribution in [0.15, 0.2) is 29.2 Å². The molecule has 0 heterocycles. The average Bonchev–Trinajstić information content (AvgIpc) is 2.38. The van der Waals surface area contributed by atoms with Gasteiger partial charge in [0.25, 0.3) is 0 Å². The second-order valence-corrected chi connectivity index (χ2v) is 5.91. The van der Waals surface area contributed by atoms with Crippen molar-refractivity contribution in [3.63, 3.8) is 0 Å². The van der Waals surface area contributed by atoms with Crippen molar-refractivity contribution in [3.8, 4) is 0 Å². The van der Waals surface area contributed by atoms with Crippen molar-refractivity contribution in [2.24, 2.45) is 0 Å². The lowest BCUT2D eigenvalue weighted by Gasteiger charge is -2.15. The fourth-order valence-electron chi connectivity index (χ4n) is 1.40. The van der Waals surface area contributed by atoms with Gasteiger partial charge in [0, 0.05) is 10.5 Å². The second kappa shape index (κ2) is 7.34. The molecular weight excluding hydrogens is 260 g/mol. The van der Waals surface area contributed by atoms with Crippen LogP contribution < -0.4 is 0 Å². The highest BCUT2D eigenvalue weighted by Crippen LogP contribution is 2.24. The maximum absolute atomic E-state index is 11.8. The van der Waals surface area contributed by atoms with E-state index in [1.54, 1.807) is 12.1 Å². The fourth-order valence-corrected chi connectivity index (χ4v) is 2.25. The van der Waals surface area contributed by atoms with Crippen molar-refractivity contribution in [3.05, 3.63) is 29.8 Å². The number of rotatable bonds is 6. The summed E-state index contributed by atoms with van der Waals surface area (Å²) in [6.45, 7) is 7.23.